The number of carbonyl (C=O) groups excluding carboxylic acids is 2. The Labute approximate surface area is 100 Å². The van der Waals surface area contributed by atoms with Crippen molar-refractivity contribution < 1.29 is 9.59 Å². The first-order valence-corrected chi connectivity index (χ1v) is 5.22. The first-order chi connectivity index (χ1) is 8.10. The zero-order chi connectivity index (χ0) is 12.8. The van der Waals surface area contributed by atoms with Gasteiger partial charge in [-0.1, -0.05) is 12.0 Å². The quantitative estimate of drug-likeness (QED) is 0.780. The topological polar surface area (TPSA) is 63.4 Å². The monoisotopic (exact) mass is 230 g/mol. The Balaban J connectivity index is 3.00. The number of primary amides is 1. The third-order valence-electron chi connectivity index (χ3n) is 2.35. The summed E-state index contributed by atoms with van der Waals surface area (Å²) in [6.07, 6.45) is 5.18. The highest BCUT2D eigenvalue weighted by molar-refractivity contribution is 5.99. The number of terminal acetylenes is 1. The molecule has 4 nitrogen and oxygen atoms in total. The number of rotatable bonds is 4. The summed E-state index contributed by atoms with van der Waals surface area (Å²) >= 11 is 0. The fraction of sp³-hybridized carbons (Fsp3) is 0.231. The Bertz CT molecular complexity index is 475. The van der Waals surface area contributed by atoms with Crippen LogP contribution in [0.2, 0.25) is 0 Å². The summed E-state index contributed by atoms with van der Waals surface area (Å²) in [5.41, 5.74) is 5.88. The number of carbonyl (C=O) groups is 2. The SMILES string of the molecule is C#CCN(CC)C(=O)c1cccc(C(N)=O)c1. The fourth-order valence-electron chi connectivity index (χ4n) is 1.43. The molecule has 17 heavy (non-hydrogen) atoms. The number of hydrogen-bond donors (Lipinski definition) is 1. The number of amides is 2. The summed E-state index contributed by atoms with van der Waals surface area (Å²) in [4.78, 5) is 24.5. The second kappa shape index (κ2) is 5.71. The molecule has 0 aromatic heterocycles. The van der Waals surface area contributed by atoms with E-state index in [-0.39, 0.29) is 12.5 Å². The standard InChI is InChI=1S/C13H14N2O2/c1-3-8-15(4-2)13(17)11-7-5-6-10(9-11)12(14)16/h1,5-7,9H,4,8H2,2H3,(H2,14,16). The lowest BCUT2D eigenvalue weighted by Crippen LogP contribution is -2.31. The summed E-state index contributed by atoms with van der Waals surface area (Å²) in [5, 5.41) is 0. The average molecular weight is 230 g/mol. The molecule has 1 aromatic carbocycles. The zero-order valence-electron chi connectivity index (χ0n) is 9.64. The maximum Gasteiger partial charge on any atom is 0.254 e. The molecule has 1 rings (SSSR count). The van der Waals surface area contributed by atoms with E-state index in [1.54, 1.807) is 18.2 Å². The number of benzene rings is 1. The molecule has 0 aliphatic heterocycles. The van der Waals surface area contributed by atoms with Crippen LogP contribution >= 0.6 is 0 Å². The van der Waals surface area contributed by atoms with Crippen molar-refractivity contribution in [3.8, 4) is 12.3 Å². The van der Waals surface area contributed by atoms with Crippen LogP contribution in [-0.4, -0.2) is 29.8 Å². The molecule has 0 fully saturated rings. The molecule has 1 aromatic rings. The van der Waals surface area contributed by atoms with E-state index in [0.717, 1.165) is 0 Å². The highest BCUT2D eigenvalue weighted by Crippen LogP contribution is 2.08. The van der Waals surface area contributed by atoms with Gasteiger partial charge >= 0.3 is 0 Å². The van der Waals surface area contributed by atoms with Crippen molar-refractivity contribution in [3.05, 3.63) is 35.4 Å². The zero-order valence-corrected chi connectivity index (χ0v) is 9.64. The Kier molecular flexibility index (Phi) is 4.29. The molecule has 88 valence electrons. The highest BCUT2D eigenvalue weighted by atomic mass is 16.2. The van der Waals surface area contributed by atoms with Crippen LogP contribution in [0.1, 0.15) is 27.6 Å². The molecular weight excluding hydrogens is 216 g/mol. The Hall–Kier alpha value is -2.28. The molecular formula is C13H14N2O2. The third-order valence-corrected chi connectivity index (χ3v) is 2.35. The van der Waals surface area contributed by atoms with E-state index >= 15 is 0 Å². The van der Waals surface area contributed by atoms with Gasteiger partial charge in [-0.2, -0.15) is 0 Å². The second-order valence-corrected chi connectivity index (χ2v) is 3.47. The number of hydrogen-bond acceptors (Lipinski definition) is 2. The van der Waals surface area contributed by atoms with Crippen LogP contribution in [-0.2, 0) is 0 Å². The van der Waals surface area contributed by atoms with E-state index in [9.17, 15) is 9.59 Å². The molecule has 0 spiro atoms. The minimum Gasteiger partial charge on any atom is -0.366 e. The van der Waals surface area contributed by atoms with Crippen LogP contribution in [0.15, 0.2) is 24.3 Å². The van der Waals surface area contributed by atoms with E-state index < -0.39 is 5.91 Å². The average Bonchev–Trinajstić information content (AvgIpc) is 2.35. The Morgan fingerprint density at radius 3 is 2.59 bits per heavy atom. The van der Waals surface area contributed by atoms with Gasteiger partial charge < -0.3 is 10.6 Å². The lowest BCUT2D eigenvalue weighted by molar-refractivity contribution is 0.0785. The summed E-state index contributed by atoms with van der Waals surface area (Å²) in [5.74, 6) is 1.66. The van der Waals surface area contributed by atoms with Gasteiger partial charge in [0.2, 0.25) is 5.91 Å². The van der Waals surface area contributed by atoms with E-state index in [2.05, 4.69) is 5.92 Å². The molecule has 0 saturated carbocycles. The van der Waals surface area contributed by atoms with Crippen molar-refractivity contribution in [1.82, 2.24) is 4.90 Å². The molecule has 2 N–H and O–H groups in total. The van der Waals surface area contributed by atoms with Gasteiger partial charge in [0, 0.05) is 17.7 Å². The predicted molar refractivity (Wildman–Crippen MR) is 65.4 cm³/mol. The molecule has 0 aliphatic rings. The summed E-state index contributed by atoms with van der Waals surface area (Å²) in [7, 11) is 0. The highest BCUT2D eigenvalue weighted by Gasteiger charge is 2.14. The van der Waals surface area contributed by atoms with Crippen LogP contribution in [0.5, 0.6) is 0 Å². The maximum atomic E-state index is 12.0. The predicted octanol–water partition coefficient (Wildman–Crippen LogP) is 0.881. The first kappa shape index (κ1) is 12.8. The smallest absolute Gasteiger partial charge is 0.254 e. The Morgan fingerprint density at radius 2 is 2.06 bits per heavy atom. The van der Waals surface area contributed by atoms with Crippen molar-refractivity contribution in [2.75, 3.05) is 13.1 Å². The molecule has 4 heteroatoms. The van der Waals surface area contributed by atoms with E-state index in [1.165, 1.54) is 11.0 Å². The number of nitrogens with two attached hydrogens (primary N) is 1. The molecule has 0 saturated heterocycles. The Morgan fingerprint density at radius 1 is 1.41 bits per heavy atom. The van der Waals surface area contributed by atoms with Gasteiger partial charge in [-0.15, -0.1) is 6.42 Å². The van der Waals surface area contributed by atoms with Crippen LogP contribution in [0.25, 0.3) is 0 Å². The van der Waals surface area contributed by atoms with E-state index in [1.807, 2.05) is 6.92 Å². The molecule has 0 atom stereocenters. The van der Waals surface area contributed by atoms with Gasteiger partial charge in [-0.3, -0.25) is 9.59 Å². The molecule has 0 unspecified atom stereocenters. The van der Waals surface area contributed by atoms with Crippen LogP contribution in [0, 0.1) is 12.3 Å². The van der Waals surface area contributed by atoms with Gasteiger partial charge in [0.15, 0.2) is 0 Å². The normalized spacial score (nSPS) is 9.41. The van der Waals surface area contributed by atoms with Crippen molar-refractivity contribution >= 4 is 11.8 Å². The minimum atomic E-state index is -0.556. The molecule has 0 aliphatic carbocycles. The third kappa shape index (κ3) is 3.08. The van der Waals surface area contributed by atoms with Crippen LogP contribution in [0.4, 0.5) is 0 Å². The van der Waals surface area contributed by atoms with Gasteiger partial charge in [-0.25, -0.2) is 0 Å². The van der Waals surface area contributed by atoms with E-state index in [0.29, 0.717) is 17.7 Å². The lowest BCUT2D eigenvalue weighted by atomic mass is 10.1. The summed E-state index contributed by atoms with van der Waals surface area (Å²) in [6.45, 7) is 2.60. The van der Waals surface area contributed by atoms with Crippen LogP contribution in [0.3, 0.4) is 0 Å². The molecule has 0 radical (unpaired) electrons. The molecule has 2 amide bonds. The van der Waals surface area contributed by atoms with Crippen molar-refractivity contribution in [1.29, 1.82) is 0 Å². The number of nitrogens with zero attached hydrogens (tertiary/aromatic N) is 1. The van der Waals surface area contributed by atoms with Gasteiger partial charge in [0.1, 0.15) is 0 Å². The van der Waals surface area contributed by atoms with Gasteiger partial charge in [-0.05, 0) is 25.1 Å². The van der Waals surface area contributed by atoms with Gasteiger partial charge in [0.05, 0.1) is 6.54 Å². The minimum absolute atomic E-state index is 0.200. The fourth-order valence-corrected chi connectivity index (χ4v) is 1.43. The lowest BCUT2D eigenvalue weighted by Gasteiger charge is -2.18. The first-order valence-electron chi connectivity index (χ1n) is 5.22. The van der Waals surface area contributed by atoms with Crippen molar-refractivity contribution in [3.63, 3.8) is 0 Å². The summed E-state index contributed by atoms with van der Waals surface area (Å²) in [6, 6.07) is 6.30. The van der Waals surface area contributed by atoms with E-state index in [4.69, 9.17) is 12.2 Å². The van der Waals surface area contributed by atoms with Gasteiger partial charge in [0.25, 0.3) is 5.91 Å². The van der Waals surface area contributed by atoms with Crippen LogP contribution < -0.4 is 5.73 Å². The largest absolute Gasteiger partial charge is 0.366 e. The summed E-state index contributed by atoms with van der Waals surface area (Å²) < 4.78 is 0. The second-order valence-electron chi connectivity index (χ2n) is 3.47. The maximum absolute atomic E-state index is 12.0. The molecule has 0 bridgehead atoms. The molecule has 0 heterocycles. The van der Waals surface area contributed by atoms with Crippen molar-refractivity contribution in [2.45, 2.75) is 6.92 Å². The van der Waals surface area contributed by atoms with Crippen molar-refractivity contribution in [2.24, 2.45) is 5.73 Å².